The highest BCUT2D eigenvalue weighted by Gasteiger charge is 2.59. The first-order chi connectivity index (χ1) is 19.2. The number of rotatable bonds is 10. The maximum Gasteiger partial charge on any atom is 0.244 e. The second-order valence-corrected chi connectivity index (χ2v) is 11.0. The van der Waals surface area contributed by atoms with Gasteiger partial charge in [0.2, 0.25) is 11.8 Å². The summed E-state index contributed by atoms with van der Waals surface area (Å²) >= 11 is 0. The third kappa shape index (κ3) is 5.39. The second-order valence-electron chi connectivity index (χ2n) is 11.0. The first-order valence-corrected chi connectivity index (χ1v) is 13.5. The van der Waals surface area contributed by atoms with Gasteiger partial charge in [0, 0.05) is 48.0 Å². The van der Waals surface area contributed by atoms with Crippen LogP contribution in [-0.2, 0) is 16.1 Å². The van der Waals surface area contributed by atoms with Crippen LogP contribution in [0.5, 0.6) is 11.5 Å². The minimum Gasteiger partial charge on any atom is -0.497 e. The third-order valence-corrected chi connectivity index (χ3v) is 8.17. The molecule has 0 bridgehead atoms. The zero-order valence-electron chi connectivity index (χ0n) is 23.7. The van der Waals surface area contributed by atoms with Crippen LogP contribution in [0.4, 0.5) is 5.69 Å². The number of hydrogen-bond acceptors (Lipinski definition) is 5. The van der Waals surface area contributed by atoms with Gasteiger partial charge in [-0.3, -0.25) is 14.6 Å². The van der Waals surface area contributed by atoms with E-state index in [-0.39, 0.29) is 35.6 Å². The number of methoxy groups -OCH3 is 2. The lowest BCUT2D eigenvalue weighted by Crippen LogP contribution is -2.38. The van der Waals surface area contributed by atoms with Gasteiger partial charge in [-0.15, -0.1) is 0 Å². The van der Waals surface area contributed by atoms with Gasteiger partial charge in [0.05, 0.1) is 19.9 Å². The number of carbonyl (C=O) groups excluding carboxylic acids is 2. The molecule has 5 rings (SSSR count). The van der Waals surface area contributed by atoms with Crippen molar-refractivity contribution in [1.82, 2.24) is 14.9 Å². The van der Waals surface area contributed by atoms with E-state index in [1.807, 2.05) is 18.2 Å². The van der Waals surface area contributed by atoms with Crippen molar-refractivity contribution in [3.63, 3.8) is 0 Å². The van der Waals surface area contributed by atoms with Crippen LogP contribution in [0.25, 0.3) is 10.9 Å². The molecule has 2 aromatic heterocycles. The van der Waals surface area contributed by atoms with Gasteiger partial charge in [-0.2, -0.15) is 0 Å². The largest absolute Gasteiger partial charge is 0.497 e. The van der Waals surface area contributed by atoms with Crippen molar-refractivity contribution < 1.29 is 19.1 Å². The molecule has 2 amide bonds. The standard InChI is InChI=1S/C32H36N4O4/c1-20-30(23-10-6-7-11-25(23)34-20)31-24(32(31,2)3)16-29(38)36(18-21-9-8-14-33-17-21)19-28(37)35-26-13-12-22(39-4)15-27(26)40-5/h6-15,17,24,31,34H,16,18-19H2,1-5H3,(H,35,37). The van der Waals surface area contributed by atoms with Crippen molar-refractivity contribution in [1.29, 1.82) is 0 Å². The molecule has 2 aromatic carbocycles. The number of aromatic amines is 1. The number of hydrogen-bond donors (Lipinski definition) is 2. The predicted molar refractivity (Wildman–Crippen MR) is 155 cm³/mol. The molecule has 0 spiro atoms. The molecule has 0 radical (unpaired) electrons. The number of ether oxygens (including phenoxy) is 2. The molecule has 8 heteroatoms. The average Bonchev–Trinajstić information content (AvgIpc) is 3.29. The van der Waals surface area contributed by atoms with Gasteiger partial charge in [0.1, 0.15) is 18.0 Å². The first-order valence-electron chi connectivity index (χ1n) is 13.5. The number of anilines is 1. The zero-order chi connectivity index (χ0) is 28.4. The van der Waals surface area contributed by atoms with Gasteiger partial charge < -0.3 is 24.7 Å². The van der Waals surface area contributed by atoms with Crippen molar-refractivity contribution in [3.05, 3.63) is 83.8 Å². The molecule has 0 aliphatic heterocycles. The van der Waals surface area contributed by atoms with Gasteiger partial charge in [0.25, 0.3) is 0 Å². The molecule has 2 atom stereocenters. The van der Waals surface area contributed by atoms with Crippen molar-refractivity contribution in [2.75, 3.05) is 26.1 Å². The summed E-state index contributed by atoms with van der Waals surface area (Å²) in [5, 5.41) is 4.11. The highest BCUT2D eigenvalue weighted by atomic mass is 16.5. The van der Waals surface area contributed by atoms with Crippen LogP contribution in [0.3, 0.4) is 0 Å². The van der Waals surface area contributed by atoms with Gasteiger partial charge >= 0.3 is 0 Å². The van der Waals surface area contributed by atoms with E-state index < -0.39 is 0 Å². The summed E-state index contributed by atoms with van der Waals surface area (Å²) in [5.74, 6) is 1.16. The van der Waals surface area contributed by atoms with E-state index in [4.69, 9.17) is 9.47 Å². The molecule has 0 saturated heterocycles. The molecule has 1 aliphatic carbocycles. The summed E-state index contributed by atoms with van der Waals surface area (Å²) in [5.41, 5.74) is 4.90. The average molecular weight is 541 g/mol. The summed E-state index contributed by atoms with van der Waals surface area (Å²) in [7, 11) is 3.10. The Morgan fingerprint density at radius 2 is 1.88 bits per heavy atom. The fraction of sp³-hybridized carbons (Fsp3) is 0.344. The topological polar surface area (TPSA) is 96.5 Å². The molecule has 2 heterocycles. The van der Waals surface area contributed by atoms with E-state index in [0.717, 1.165) is 16.8 Å². The quantitative estimate of drug-likeness (QED) is 0.270. The van der Waals surface area contributed by atoms with Gasteiger partial charge in [-0.25, -0.2) is 0 Å². The number of nitrogens with one attached hydrogen (secondary N) is 2. The Balaban J connectivity index is 1.34. The zero-order valence-corrected chi connectivity index (χ0v) is 23.7. The van der Waals surface area contributed by atoms with E-state index in [9.17, 15) is 9.59 Å². The Kier molecular flexibility index (Phi) is 7.52. The summed E-state index contributed by atoms with van der Waals surface area (Å²) < 4.78 is 10.7. The van der Waals surface area contributed by atoms with Gasteiger partial charge in [-0.05, 0) is 59.6 Å². The second kappa shape index (κ2) is 11.0. The van der Waals surface area contributed by atoms with Crippen molar-refractivity contribution >= 4 is 28.4 Å². The van der Waals surface area contributed by atoms with Crippen molar-refractivity contribution in [3.8, 4) is 11.5 Å². The lowest BCUT2D eigenvalue weighted by Gasteiger charge is -2.23. The Morgan fingerprint density at radius 1 is 1.07 bits per heavy atom. The molecule has 4 aromatic rings. The van der Waals surface area contributed by atoms with Gasteiger partial charge in [0.15, 0.2) is 0 Å². The van der Waals surface area contributed by atoms with E-state index in [1.54, 1.807) is 42.6 Å². The molecule has 208 valence electrons. The summed E-state index contributed by atoms with van der Waals surface area (Å²) in [6.45, 7) is 6.77. The Hall–Kier alpha value is -4.33. The Morgan fingerprint density at radius 3 is 2.60 bits per heavy atom. The Bertz CT molecular complexity index is 1530. The van der Waals surface area contributed by atoms with Crippen LogP contribution in [0, 0.1) is 18.3 Å². The first kappa shape index (κ1) is 27.2. The summed E-state index contributed by atoms with van der Waals surface area (Å²) in [6, 6.07) is 17.3. The molecular formula is C32H36N4O4. The number of fused-ring (bicyclic) bond motifs is 1. The maximum absolute atomic E-state index is 13.8. The smallest absolute Gasteiger partial charge is 0.244 e. The Labute approximate surface area is 234 Å². The van der Waals surface area contributed by atoms with E-state index in [0.29, 0.717) is 30.2 Å². The number of aromatic nitrogens is 2. The predicted octanol–water partition coefficient (Wildman–Crippen LogP) is 5.69. The van der Waals surface area contributed by atoms with Crippen LogP contribution in [0.1, 0.15) is 43.0 Å². The van der Waals surface area contributed by atoms with Crippen LogP contribution in [0.2, 0.25) is 0 Å². The van der Waals surface area contributed by atoms with Crippen molar-refractivity contribution in [2.24, 2.45) is 11.3 Å². The summed E-state index contributed by atoms with van der Waals surface area (Å²) in [4.78, 5) is 36.3. The van der Waals surface area contributed by atoms with Crippen LogP contribution < -0.4 is 14.8 Å². The number of carbonyl (C=O) groups is 2. The molecule has 8 nitrogen and oxygen atoms in total. The minimum atomic E-state index is -0.306. The third-order valence-electron chi connectivity index (χ3n) is 8.17. The molecule has 1 aliphatic rings. The number of aryl methyl sites for hydroxylation is 1. The monoisotopic (exact) mass is 540 g/mol. The fourth-order valence-corrected chi connectivity index (χ4v) is 5.92. The lowest BCUT2D eigenvalue weighted by atomic mass is 10.0. The van der Waals surface area contributed by atoms with E-state index >= 15 is 0 Å². The number of nitrogens with zero attached hydrogens (tertiary/aromatic N) is 2. The number of para-hydroxylation sites is 1. The summed E-state index contributed by atoms with van der Waals surface area (Å²) in [6.07, 6.45) is 3.78. The molecule has 40 heavy (non-hydrogen) atoms. The highest BCUT2D eigenvalue weighted by Crippen LogP contribution is 2.67. The number of pyridine rings is 1. The van der Waals surface area contributed by atoms with Crippen LogP contribution in [-0.4, -0.2) is 47.4 Å². The lowest BCUT2D eigenvalue weighted by molar-refractivity contribution is -0.135. The normalized spacial score (nSPS) is 17.3. The number of H-pyrrole nitrogens is 1. The van der Waals surface area contributed by atoms with Crippen LogP contribution >= 0.6 is 0 Å². The van der Waals surface area contributed by atoms with Crippen molar-refractivity contribution in [2.45, 2.75) is 39.7 Å². The minimum absolute atomic E-state index is 0.0376. The molecule has 2 unspecified atom stereocenters. The van der Waals surface area contributed by atoms with E-state index in [1.165, 1.54) is 18.1 Å². The molecule has 1 saturated carbocycles. The van der Waals surface area contributed by atoms with E-state index in [2.05, 4.69) is 54.3 Å². The van der Waals surface area contributed by atoms with Gasteiger partial charge in [-0.1, -0.05) is 38.1 Å². The van der Waals surface area contributed by atoms with Crippen LogP contribution in [0.15, 0.2) is 67.0 Å². The highest BCUT2D eigenvalue weighted by molar-refractivity contribution is 5.96. The fourth-order valence-electron chi connectivity index (χ4n) is 5.92. The number of amides is 2. The molecule has 1 fully saturated rings. The maximum atomic E-state index is 13.8. The molecular weight excluding hydrogens is 504 g/mol. The SMILES string of the molecule is COc1ccc(NC(=O)CN(Cc2cccnc2)C(=O)CC2C(c3c(C)[nH]c4ccccc34)C2(C)C)c(OC)c1. The number of benzene rings is 2. The molecule has 2 N–H and O–H groups in total.